The van der Waals surface area contributed by atoms with Crippen LogP contribution in [0.1, 0.15) is 31.7 Å². The van der Waals surface area contributed by atoms with Crippen molar-refractivity contribution >= 4 is 23.4 Å². The Morgan fingerprint density at radius 1 is 1.09 bits per heavy atom. The van der Waals surface area contributed by atoms with Crippen LogP contribution in [-0.2, 0) is 4.79 Å². The zero-order valence-corrected chi connectivity index (χ0v) is 18.1. The van der Waals surface area contributed by atoms with Crippen molar-refractivity contribution < 1.29 is 4.79 Å². The SMILES string of the molecule is O=C(CSc1nnnn1C1CCCC1)Nc1ccccc1-c1nc(-c2ccccc2)n[nH]1. The summed E-state index contributed by atoms with van der Waals surface area (Å²) in [5, 5.41) is 23.0. The second kappa shape index (κ2) is 9.31. The molecule has 0 atom stereocenters. The third-order valence-electron chi connectivity index (χ3n) is 5.44. The molecule has 2 aromatic heterocycles. The van der Waals surface area contributed by atoms with Gasteiger partial charge in [-0.3, -0.25) is 9.89 Å². The number of H-pyrrole nitrogens is 1. The first-order chi connectivity index (χ1) is 15.8. The van der Waals surface area contributed by atoms with Crippen molar-refractivity contribution in [1.82, 2.24) is 35.4 Å². The van der Waals surface area contributed by atoms with Crippen LogP contribution in [-0.4, -0.2) is 47.0 Å². The van der Waals surface area contributed by atoms with Gasteiger partial charge in [0.15, 0.2) is 11.6 Å². The molecule has 5 rings (SSSR count). The number of aromatic nitrogens is 7. The lowest BCUT2D eigenvalue weighted by Gasteiger charge is -2.11. The quantitative estimate of drug-likeness (QED) is 0.413. The molecule has 2 heterocycles. The summed E-state index contributed by atoms with van der Waals surface area (Å²) < 4.78 is 1.86. The van der Waals surface area contributed by atoms with E-state index < -0.39 is 0 Å². The molecule has 2 aromatic carbocycles. The molecular formula is C22H22N8OS. The van der Waals surface area contributed by atoms with E-state index in [0.29, 0.717) is 28.5 Å². The van der Waals surface area contributed by atoms with Crippen LogP contribution in [0.5, 0.6) is 0 Å². The Hall–Kier alpha value is -3.53. The molecule has 4 aromatic rings. The maximum absolute atomic E-state index is 12.7. The fourth-order valence-electron chi connectivity index (χ4n) is 3.87. The molecule has 1 aliphatic rings. The Morgan fingerprint density at radius 3 is 2.72 bits per heavy atom. The first-order valence-electron chi connectivity index (χ1n) is 10.6. The number of hydrogen-bond donors (Lipinski definition) is 2. The van der Waals surface area contributed by atoms with Crippen LogP contribution < -0.4 is 5.32 Å². The van der Waals surface area contributed by atoms with E-state index in [4.69, 9.17) is 0 Å². The number of amides is 1. The van der Waals surface area contributed by atoms with Crippen LogP contribution in [0.25, 0.3) is 22.8 Å². The number of rotatable bonds is 7. The molecule has 9 nitrogen and oxygen atoms in total. The third kappa shape index (κ3) is 4.40. The summed E-state index contributed by atoms with van der Waals surface area (Å²) in [5.41, 5.74) is 2.37. The van der Waals surface area contributed by atoms with Crippen molar-refractivity contribution in [2.75, 3.05) is 11.1 Å². The van der Waals surface area contributed by atoms with E-state index in [2.05, 4.69) is 36.0 Å². The van der Waals surface area contributed by atoms with Gasteiger partial charge >= 0.3 is 0 Å². The molecule has 162 valence electrons. The Balaban J connectivity index is 1.27. The monoisotopic (exact) mass is 446 g/mol. The van der Waals surface area contributed by atoms with Crippen LogP contribution in [0.3, 0.4) is 0 Å². The summed E-state index contributed by atoms with van der Waals surface area (Å²) >= 11 is 1.35. The number of carbonyl (C=O) groups is 1. The van der Waals surface area contributed by atoms with Crippen molar-refractivity contribution in [2.24, 2.45) is 0 Å². The van der Waals surface area contributed by atoms with E-state index >= 15 is 0 Å². The second-order valence-corrected chi connectivity index (χ2v) is 8.54. The summed E-state index contributed by atoms with van der Waals surface area (Å²) in [7, 11) is 0. The Kier molecular flexibility index (Phi) is 5.93. The minimum absolute atomic E-state index is 0.133. The van der Waals surface area contributed by atoms with E-state index in [1.165, 1.54) is 24.6 Å². The lowest BCUT2D eigenvalue weighted by molar-refractivity contribution is -0.113. The zero-order valence-electron chi connectivity index (χ0n) is 17.3. The zero-order chi connectivity index (χ0) is 21.8. The summed E-state index contributed by atoms with van der Waals surface area (Å²) in [4.78, 5) is 17.3. The summed E-state index contributed by atoms with van der Waals surface area (Å²) in [5.74, 6) is 1.28. The number of anilines is 1. The van der Waals surface area contributed by atoms with Crippen molar-refractivity contribution in [2.45, 2.75) is 36.9 Å². The highest BCUT2D eigenvalue weighted by Crippen LogP contribution is 2.31. The molecular weight excluding hydrogens is 424 g/mol. The number of carbonyl (C=O) groups excluding carboxylic acids is 1. The number of benzene rings is 2. The first kappa shape index (κ1) is 20.4. The molecule has 0 radical (unpaired) electrons. The van der Waals surface area contributed by atoms with Crippen molar-refractivity contribution in [3.05, 3.63) is 54.6 Å². The lowest BCUT2D eigenvalue weighted by Crippen LogP contribution is -2.16. The molecule has 1 saturated carbocycles. The summed E-state index contributed by atoms with van der Waals surface area (Å²) in [6.45, 7) is 0. The van der Waals surface area contributed by atoms with Gasteiger partial charge in [0.1, 0.15) is 0 Å². The third-order valence-corrected chi connectivity index (χ3v) is 6.37. The van der Waals surface area contributed by atoms with Gasteiger partial charge in [0.25, 0.3) is 0 Å². The molecule has 0 saturated heterocycles. The van der Waals surface area contributed by atoms with Gasteiger partial charge < -0.3 is 5.32 Å². The van der Waals surface area contributed by atoms with E-state index in [1.54, 1.807) is 0 Å². The normalized spacial score (nSPS) is 14.0. The molecule has 1 amide bonds. The number of aromatic amines is 1. The average molecular weight is 447 g/mol. The van der Waals surface area contributed by atoms with E-state index in [1.807, 2.05) is 59.3 Å². The first-order valence-corrected chi connectivity index (χ1v) is 11.5. The van der Waals surface area contributed by atoms with Crippen molar-refractivity contribution in [3.63, 3.8) is 0 Å². The smallest absolute Gasteiger partial charge is 0.234 e. The highest BCUT2D eigenvalue weighted by Gasteiger charge is 2.22. The molecule has 0 aliphatic heterocycles. The van der Waals surface area contributed by atoms with Gasteiger partial charge in [-0.2, -0.15) is 5.10 Å². The Labute approximate surface area is 189 Å². The van der Waals surface area contributed by atoms with Crippen molar-refractivity contribution in [1.29, 1.82) is 0 Å². The molecule has 32 heavy (non-hydrogen) atoms. The standard InChI is InChI=1S/C22H22N8OS/c31-19(14-32-22-27-28-29-30(22)16-10-4-5-11-16)23-18-13-7-6-12-17(18)21-24-20(25-26-21)15-8-2-1-3-9-15/h1-3,6-9,12-13,16H,4-5,10-11,14H2,(H,23,31)(H,24,25,26). The maximum Gasteiger partial charge on any atom is 0.234 e. The number of hydrogen-bond acceptors (Lipinski definition) is 7. The van der Waals surface area contributed by atoms with Crippen molar-refractivity contribution in [3.8, 4) is 22.8 Å². The predicted molar refractivity (Wildman–Crippen MR) is 122 cm³/mol. The van der Waals surface area contributed by atoms with Crippen LogP contribution >= 0.6 is 11.8 Å². The topological polar surface area (TPSA) is 114 Å². The van der Waals surface area contributed by atoms with Gasteiger partial charge in [-0.1, -0.05) is 67.1 Å². The minimum Gasteiger partial charge on any atom is -0.325 e. The van der Waals surface area contributed by atoms with Gasteiger partial charge in [0.2, 0.25) is 11.1 Å². The van der Waals surface area contributed by atoms with Crippen LogP contribution in [0.15, 0.2) is 59.8 Å². The average Bonchev–Trinajstić information content (AvgIpc) is 3.60. The fourth-order valence-corrected chi connectivity index (χ4v) is 4.62. The van der Waals surface area contributed by atoms with Gasteiger partial charge in [-0.05, 0) is 35.4 Å². The van der Waals surface area contributed by atoms with Crippen LogP contribution in [0.2, 0.25) is 0 Å². The number of nitrogens with zero attached hydrogens (tertiary/aromatic N) is 6. The summed E-state index contributed by atoms with van der Waals surface area (Å²) in [6, 6.07) is 17.6. The highest BCUT2D eigenvalue weighted by molar-refractivity contribution is 7.99. The number of nitrogens with one attached hydrogen (secondary N) is 2. The van der Waals surface area contributed by atoms with Gasteiger partial charge in [0, 0.05) is 11.1 Å². The number of tetrazole rings is 1. The molecule has 10 heteroatoms. The van der Waals surface area contributed by atoms with Gasteiger partial charge in [-0.15, -0.1) is 5.10 Å². The molecule has 1 aliphatic carbocycles. The minimum atomic E-state index is -0.133. The van der Waals surface area contributed by atoms with Crippen LogP contribution in [0.4, 0.5) is 5.69 Å². The maximum atomic E-state index is 12.7. The predicted octanol–water partition coefficient (Wildman–Crippen LogP) is 3.97. The lowest BCUT2D eigenvalue weighted by atomic mass is 10.1. The van der Waals surface area contributed by atoms with Crippen LogP contribution in [0, 0.1) is 0 Å². The fraction of sp³-hybridized carbons (Fsp3) is 0.273. The summed E-state index contributed by atoms with van der Waals surface area (Å²) in [6.07, 6.45) is 4.56. The second-order valence-electron chi connectivity index (χ2n) is 7.60. The molecule has 0 spiro atoms. The molecule has 2 N–H and O–H groups in total. The van der Waals surface area contributed by atoms with Gasteiger partial charge in [0.05, 0.1) is 17.5 Å². The van der Waals surface area contributed by atoms with E-state index in [9.17, 15) is 4.79 Å². The number of para-hydroxylation sites is 1. The van der Waals surface area contributed by atoms with E-state index in [0.717, 1.165) is 24.0 Å². The van der Waals surface area contributed by atoms with Gasteiger partial charge in [-0.25, -0.2) is 9.67 Å². The largest absolute Gasteiger partial charge is 0.325 e. The van der Waals surface area contributed by atoms with E-state index in [-0.39, 0.29) is 11.7 Å². The molecule has 0 bridgehead atoms. The highest BCUT2D eigenvalue weighted by atomic mass is 32.2. The molecule has 0 unspecified atom stereocenters. The number of thioether (sulfide) groups is 1. The molecule has 1 fully saturated rings. The Bertz CT molecular complexity index is 1200. The Morgan fingerprint density at radius 2 is 1.88 bits per heavy atom.